The summed E-state index contributed by atoms with van der Waals surface area (Å²) in [6, 6.07) is 20.8. The van der Waals surface area contributed by atoms with Crippen molar-refractivity contribution in [3.63, 3.8) is 0 Å². The number of carbonyl (C=O) groups is 1. The molecule has 0 bridgehead atoms. The third-order valence-corrected chi connectivity index (χ3v) is 6.34. The van der Waals surface area contributed by atoms with Crippen LogP contribution in [0.25, 0.3) is 5.57 Å². The fourth-order valence-corrected chi connectivity index (χ4v) is 4.45. The number of amides is 1. The van der Waals surface area contributed by atoms with Crippen molar-refractivity contribution in [3.05, 3.63) is 89.3 Å². The van der Waals surface area contributed by atoms with E-state index in [4.69, 9.17) is 0 Å². The molecule has 1 aliphatic rings. The summed E-state index contributed by atoms with van der Waals surface area (Å²) in [6.07, 6.45) is 7.21. The summed E-state index contributed by atoms with van der Waals surface area (Å²) < 4.78 is 1.86. The average Bonchev–Trinajstić information content (AvgIpc) is 3.27. The van der Waals surface area contributed by atoms with Gasteiger partial charge in [-0.05, 0) is 48.9 Å². The van der Waals surface area contributed by atoms with Gasteiger partial charge in [-0.15, -0.1) is 5.10 Å². The first-order valence-electron chi connectivity index (χ1n) is 12.5. The number of carbonyl (C=O) groups excluding carboxylic acids is 1. The van der Waals surface area contributed by atoms with Crippen LogP contribution in [0.1, 0.15) is 59.9 Å². The van der Waals surface area contributed by atoms with E-state index in [1.54, 1.807) is 0 Å². The molecule has 0 saturated carbocycles. The molecule has 0 unspecified atom stereocenters. The normalized spacial score (nSPS) is 14.1. The van der Waals surface area contributed by atoms with Crippen molar-refractivity contribution in [1.82, 2.24) is 25.2 Å². The van der Waals surface area contributed by atoms with E-state index in [-0.39, 0.29) is 5.91 Å². The van der Waals surface area contributed by atoms with Gasteiger partial charge in [-0.2, -0.15) is 0 Å². The van der Waals surface area contributed by atoms with E-state index in [0.29, 0.717) is 18.8 Å². The van der Waals surface area contributed by atoms with Crippen LogP contribution in [0.3, 0.4) is 0 Å². The Morgan fingerprint density at radius 3 is 2.50 bits per heavy atom. The van der Waals surface area contributed by atoms with Crippen LogP contribution in [-0.4, -0.2) is 52.0 Å². The SMILES string of the molecule is CCCc1c(C(=O)NCCCCN2CC=C(c3ccccc3)CC2)nnn1Cc1ccccc1. The monoisotopic (exact) mass is 457 g/mol. The summed E-state index contributed by atoms with van der Waals surface area (Å²) in [6.45, 7) is 6.56. The molecule has 1 aromatic heterocycles. The molecule has 2 aromatic carbocycles. The molecule has 3 aromatic rings. The minimum absolute atomic E-state index is 0.115. The summed E-state index contributed by atoms with van der Waals surface area (Å²) in [5.74, 6) is -0.115. The third-order valence-electron chi connectivity index (χ3n) is 6.34. The summed E-state index contributed by atoms with van der Waals surface area (Å²) >= 11 is 0. The lowest BCUT2D eigenvalue weighted by molar-refractivity contribution is 0.0946. The lowest BCUT2D eigenvalue weighted by atomic mass is 9.99. The highest BCUT2D eigenvalue weighted by Crippen LogP contribution is 2.22. The molecular weight excluding hydrogens is 422 g/mol. The number of unbranched alkanes of at least 4 members (excludes halogenated alkanes) is 1. The van der Waals surface area contributed by atoms with Crippen LogP contribution in [-0.2, 0) is 13.0 Å². The van der Waals surface area contributed by atoms with Gasteiger partial charge in [0.2, 0.25) is 0 Å². The third kappa shape index (κ3) is 6.41. The Bertz CT molecular complexity index is 1070. The zero-order chi connectivity index (χ0) is 23.6. The predicted octanol–water partition coefficient (Wildman–Crippen LogP) is 4.58. The molecule has 6 heteroatoms. The van der Waals surface area contributed by atoms with E-state index in [2.05, 4.69) is 76.0 Å². The first kappa shape index (κ1) is 23.9. The van der Waals surface area contributed by atoms with Crippen LogP contribution in [0.5, 0.6) is 0 Å². The molecule has 1 aliphatic heterocycles. The van der Waals surface area contributed by atoms with Gasteiger partial charge in [0.25, 0.3) is 5.91 Å². The molecule has 0 atom stereocenters. The number of aromatic nitrogens is 3. The van der Waals surface area contributed by atoms with Crippen LogP contribution >= 0.6 is 0 Å². The Kier molecular flexibility index (Phi) is 8.63. The molecule has 4 rings (SSSR count). The molecule has 1 amide bonds. The van der Waals surface area contributed by atoms with Crippen molar-refractivity contribution in [1.29, 1.82) is 0 Å². The largest absolute Gasteiger partial charge is 0.351 e. The van der Waals surface area contributed by atoms with Crippen LogP contribution in [0, 0.1) is 0 Å². The maximum absolute atomic E-state index is 12.8. The molecule has 0 spiro atoms. The van der Waals surface area contributed by atoms with Gasteiger partial charge in [-0.25, -0.2) is 4.68 Å². The molecule has 0 saturated heterocycles. The molecule has 6 nitrogen and oxygen atoms in total. The van der Waals surface area contributed by atoms with Crippen LogP contribution in [0.15, 0.2) is 66.7 Å². The first-order chi connectivity index (χ1) is 16.7. The Balaban J connectivity index is 1.21. The zero-order valence-corrected chi connectivity index (χ0v) is 20.1. The van der Waals surface area contributed by atoms with Crippen LogP contribution in [0.4, 0.5) is 0 Å². The van der Waals surface area contributed by atoms with E-state index in [1.165, 1.54) is 11.1 Å². The number of benzene rings is 2. The summed E-state index contributed by atoms with van der Waals surface area (Å²) in [5, 5.41) is 11.6. The Morgan fingerprint density at radius 1 is 1.03 bits per heavy atom. The highest BCUT2D eigenvalue weighted by atomic mass is 16.2. The van der Waals surface area contributed by atoms with Gasteiger partial charge in [-0.1, -0.05) is 85.3 Å². The lowest BCUT2D eigenvalue weighted by Crippen LogP contribution is -2.30. The van der Waals surface area contributed by atoms with E-state index in [9.17, 15) is 4.79 Å². The van der Waals surface area contributed by atoms with Crippen LogP contribution < -0.4 is 5.32 Å². The molecule has 0 fully saturated rings. The number of rotatable bonds is 11. The van der Waals surface area contributed by atoms with Crippen LogP contribution in [0.2, 0.25) is 0 Å². The van der Waals surface area contributed by atoms with Gasteiger partial charge in [0.15, 0.2) is 5.69 Å². The van der Waals surface area contributed by atoms with Crippen molar-refractivity contribution < 1.29 is 4.79 Å². The molecule has 178 valence electrons. The fraction of sp³-hybridized carbons (Fsp3) is 0.393. The molecular formula is C28H35N5O. The van der Waals surface area contributed by atoms with Gasteiger partial charge < -0.3 is 5.32 Å². The van der Waals surface area contributed by atoms with Gasteiger partial charge in [0.1, 0.15) is 0 Å². The Labute approximate surface area is 202 Å². The van der Waals surface area contributed by atoms with Crippen molar-refractivity contribution in [2.24, 2.45) is 0 Å². The second-order valence-corrected chi connectivity index (χ2v) is 8.89. The number of nitrogens with zero attached hydrogens (tertiary/aromatic N) is 4. The van der Waals surface area contributed by atoms with E-state index < -0.39 is 0 Å². The van der Waals surface area contributed by atoms with Gasteiger partial charge in [-0.3, -0.25) is 9.69 Å². The summed E-state index contributed by atoms with van der Waals surface area (Å²) in [5.41, 5.74) is 5.33. The standard InChI is InChI=1S/C28H35N5O/c1-2-11-26-27(30-31-33(26)22-23-12-5-3-6-13-23)28(34)29-18-9-10-19-32-20-16-25(17-21-32)24-14-7-4-8-15-24/h3-8,12-16H,2,9-11,17-22H2,1H3,(H,29,34). The first-order valence-corrected chi connectivity index (χ1v) is 12.5. The van der Waals surface area contributed by atoms with Crippen molar-refractivity contribution in [2.75, 3.05) is 26.2 Å². The molecule has 34 heavy (non-hydrogen) atoms. The fourth-order valence-electron chi connectivity index (χ4n) is 4.45. The number of nitrogens with one attached hydrogen (secondary N) is 1. The van der Waals surface area contributed by atoms with E-state index in [1.807, 2.05) is 22.9 Å². The van der Waals surface area contributed by atoms with Crippen molar-refractivity contribution in [2.45, 2.75) is 45.6 Å². The van der Waals surface area contributed by atoms with Gasteiger partial charge >= 0.3 is 0 Å². The molecule has 0 aliphatic carbocycles. The van der Waals surface area contributed by atoms with Gasteiger partial charge in [0, 0.05) is 19.6 Å². The highest BCUT2D eigenvalue weighted by Gasteiger charge is 2.19. The lowest BCUT2D eigenvalue weighted by Gasteiger charge is -2.26. The van der Waals surface area contributed by atoms with E-state index in [0.717, 1.165) is 63.0 Å². The smallest absolute Gasteiger partial charge is 0.273 e. The average molecular weight is 458 g/mol. The topological polar surface area (TPSA) is 63.1 Å². The van der Waals surface area contributed by atoms with Gasteiger partial charge in [0.05, 0.1) is 12.2 Å². The summed E-state index contributed by atoms with van der Waals surface area (Å²) in [7, 11) is 0. The maximum atomic E-state index is 12.8. The quantitative estimate of drug-likeness (QED) is 0.428. The zero-order valence-electron chi connectivity index (χ0n) is 20.1. The second-order valence-electron chi connectivity index (χ2n) is 8.89. The van der Waals surface area contributed by atoms with E-state index >= 15 is 0 Å². The minimum Gasteiger partial charge on any atom is -0.351 e. The maximum Gasteiger partial charge on any atom is 0.273 e. The Morgan fingerprint density at radius 2 is 1.79 bits per heavy atom. The van der Waals surface area contributed by atoms with Crippen molar-refractivity contribution in [3.8, 4) is 0 Å². The summed E-state index contributed by atoms with van der Waals surface area (Å²) in [4.78, 5) is 15.3. The second kappa shape index (κ2) is 12.3. The molecule has 1 N–H and O–H groups in total. The minimum atomic E-state index is -0.115. The predicted molar refractivity (Wildman–Crippen MR) is 137 cm³/mol. The molecule has 2 heterocycles. The number of hydrogen-bond acceptors (Lipinski definition) is 4. The molecule has 0 radical (unpaired) electrons. The van der Waals surface area contributed by atoms with Crippen molar-refractivity contribution >= 4 is 11.5 Å². The highest BCUT2D eigenvalue weighted by molar-refractivity contribution is 5.93. The Hall–Kier alpha value is -3.25. The number of hydrogen-bond donors (Lipinski definition) is 1.